The fourth-order valence-corrected chi connectivity index (χ4v) is 6.93. The van der Waals surface area contributed by atoms with Crippen molar-refractivity contribution in [1.29, 1.82) is 0 Å². The summed E-state index contributed by atoms with van der Waals surface area (Å²) < 4.78 is 2.63. The number of carbonyl (C=O) groups is 1. The van der Waals surface area contributed by atoms with Crippen LogP contribution in [-0.4, -0.2) is 30.4 Å². The summed E-state index contributed by atoms with van der Waals surface area (Å²) in [5.41, 5.74) is 2.74. The van der Waals surface area contributed by atoms with Crippen LogP contribution in [-0.2, 0) is 12.5 Å². The second kappa shape index (κ2) is 5.75. The van der Waals surface area contributed by atoms with E-state index in [0.717, 1.165) is 35.3 Å². The summed E-state index contributed by atoms with van der Waals surface area (Å²) in [6, 6.07) is 0. The molecule has 0 N–H and O–H groups in total. The van der Waals surface area contributed by atoms with Crippen molar-refractivity contribution >= 4 is 11.6 Å². The molecule has 4 fully saturated rings. The molecule has 2 aromatic heterocycles. The van der Waals surface area contributed by atoms with Gasteiger partial charge in [0, 0.05) is 18.3 Å². The molecule has 0 unspecified atom stereocenters. The van der Waals surface area contributed by atoms with E-state index in [2.05, 4.69) is 10.2 Å². The van der Waals surface area contributed by atoms with Crippen molar-refractivity contribution in [3.05, 3.63) is 39.0 Å². The predicted octanol–water partition coefficient (Wildman–Crippen LogP) is 3.30. The lowest BCUT2D eigenvalue weighted by Gasteiger charge is -2.57. The van der Waals surface area contributed by atoms with Crippen LogP contribution < -0.4 is 0 Å². The first kappa shape index (κ1) is 17.6. The Morgan fingerprint density at radius 2 is 1.75 bits per heavy atom. The number of nitro groups is 1. The predicted molar refractivity (Wildman–Crippen MR) is 101 cm³/mol. The molecular formula is C20H25N5O3. The smallest absolute Gasteiger partial charge is 0.265 e. The number of rotatable bonds is 3. The SMILES string of the molecule is Cc1nn(C(=O)c2c([N+](=O)[O-])cnn2C)c(C)c1C12CC3CC(CC(C3)C1)C2. The van der Waals surface area contributed by atoms with Crippen molar-refractivity contribution in [2.24, 2.45) is 24.8 Å². The minimum Gasteiger partial charge on any atom is -0.265 e. The van der Waals surface area contributed by atoms with Crippen LogP contribution in [0.5, 0.6) is 0 Å². The molecule has 0 aromatic carbocycles. The largest absolute Gasteiger partial charge is 0.320 e. The monoisotopic (exact) mass is 383 g/mol. The molecule has 0 amide bonds. The molecule has 6 rings (SSSR count). The third-order valence-electron chi connectivity index (χ3n) is 7.37. The summed E-state index contributed by atoms with van der Waals surface area (Å²) >= 11 is 0. The zero-order valence-corrected chi connectivity index (χ0v) is 16.5. The summed E-state index contributed by atoms with van der Waals surface area (Å²) in [7, 11) is 1.55. The molecule has 0 saturated heterocycles. The van der Waals surface area contributed by atoms with Gasteiger partial charge in [-0.25, -0.2) is 0 Å². The zero-order chi connectivity index (χ0) is 19.8. The van der Waals surface area contributed by atoms with Crippen molar-refractivity contribution in [3.8, 4) is 0 Å². The lowest BCUT2D eigenvalue weighted by atomic mass is 9.48. The lowest BCUT2D eigenvalue weighted by molar-refractivity contribution is -0.385. The lowest BCUT2D eigenvalue weighted by Crippen LogP contribution is -2.49. The third-order valence-corrected chi connectivity index (χ3v) is 7.37. The molecular weight excluding hydrogens is 358 g/mol. The van der Waals surface area contributed by atoms with Gasteiger partial charge in [-0.3, -0.25) is 19.6 Å². The normalized spacial score (nSPS) is 30.8. The van der Waals surface area contributed by atoms with Crippen LogP contribution in [0.4, 0.5) is 5.69 Å². The van der Waals surface area contributed by atoms with Crippen LogP contribution in [0.15, 0.2) is 6.20 Å². The molecule has 8 heteroatoms. The van der Waals surface area contributed by atoms with Crippen molar-refractivity contribution in [2.45, 2.75) is 57.8 Å². The van der Waals surface area contributed by atoms with E-state index in [9.17, 15) is 14.9 Å². The maximum absolute atomic E-state index is 13.2. The van der Waals surface area contributed by atoms with Gasteiger partial charge < -0.3 is 0 Å². The van der Waals surface area contributed by atoms with Crippen molar-refractivity contribution in [1.82, 2.24) is 19.6 Å². The van der Waals surface area contributed by atoms with E-state index < -0.39 is 10.8 Å². The molecule has 8 nitrogen and oxygen atoms in total. The van der Waals surface area contributed by atoms with E-state index >= 15 is 0 Å². The molecule has 4 aliphatic carbocycles. The van der Waals surface area contributed by atoms with E-state index in [0.29, 0.717) is 0 Å². The van der Waals surface area contributed by atoms with E-state index in [4.69, 9.17) is 0 Å². The highest BCUT2D eigenvalue weighted by atomic mass is 16.6. The summed E-state index contributed by atoms with van der Waals surface area (Å²) in [6.07, 6.45) is 8.74. The van der Waals surface area contributed by atoms with Crippen LogP contribution in [0.25, 0.3) is 0 Å². The number of hydrogen-bond acceptors (Lipinski definition) is 5. The highest BCUT2D eigenvalue weighted by Crippen LogP contribution is 2.61. The van der Waals surface area contributed by atoms with Gasteiger partial charge in [-0.1, -0.05) is 0 Å². The minimum absolute atomic E-state index is 0.0346. The Morgan fingerprint density at radius 3 is 2.29 bits per heavy atom. The summed E-state index contributed by atoms with van der Waals surface area (Å²) in [4.78, 5) is 24.0. The molecule has 0 aliphatic heterocycles. The van der Waals surface area contributed by atoms with E-state index in [1.165, 1.54) is 53.5 Å². The molecule has 4 aliphatic rings. The van der Waals surface area contributed by atoms with E-state index in [1.807, 2.05) is 13.8 Å². The fourth-order valence-electron chi connectivity index (χ4n) is 6.93. The maximum atomic E-state index is 13.2. The number of carbonyl (C=O) groups excluding carboxylic acids is 1. The van der Waals surface area contributed by atoms with Gasteiger partial charge in [-0.05, 0) is 75.5 Å². The van der Waals surface area contributed by atoms with E-state index in [-0.39, 0.29) is 16.8 Å². The summed E-state index contributed by atoms with van der Waals surface area (Å²) in [5.74, 6) is 1.90. The van der Waals surface area contributed by atoms with Crippen LogP contribution in [0, 0.1) is 41.7 Å². The maximum Gasteiger partial charge on any atom is 0.320 e. The van der Waals surface area contributed by atoms with Gasteiger partial charge in [0.15, 0.2) is 0 Å². The van der Waals surface area contributed by atoms with Crippen LogP contribution >= 0.6 is 0 Å². The average Bonchev–Trinajstić information content (AvgIpc) is 3.13. The Balaban J connectivity index is 1.59. The van der Waals surface area contributed by atoms with Crippen LogP contribution in [0.1, 0.15) is 66.0 Å². The Kier molecular flexibility index (Phi) is 3.61. The second-order valence-corrected chi connectivity index (χ2v) is 9.22. The zero-order valence-electron chi connectivity index (χ0n) is 16.5. The molecule has 0 radical (unpaired) electrons. The topological polar surface area (TPSA) is 95.8 Å². The molecule has 2 aromatic rings. The molecule has 28 heavy (non-hydrogen) atoms. The fraction of sp³-hybridized carbons (Fsp3) is 0.650. The Labute approximate surface area is 163 Å². The average molecular weight is 383 g/mol. The minimum atomic E-state index is -0.564. The highest BCUT2D eigenvalue weighted by Gasteiger charge is 2.53. The highest BCUT2D eigenvalue weighted by molar-refractivity contribution is 5.98. The van der Waals surface area contributed by atoms with Crippen molar-refractivity contribution in [3.63, 3.8) is 0 Å². The molecule has 0 spiro atoms. The molecule has 148 valence electrons. The van der Waals surface area contributed by atoms with Gasteiger partial charge in [0.2, 0.25) is 5.69 Å². The molecule has 4 bridgehead atoms. The number of nitrogens with zero attached hydrogens (tertiary/aromatic N) is 5. The summed E-state index contributed by atoms with van der Waals surface area (Å²) in [5, 5.41) is 19.8. The van der Waals surface area contributed by atoms with Gasteiger partial charge >= 0.3 is 11.6 Å². The number of aromatic nitrogens is 4. The van der Waals surface area contributed by atoms with Crippen LogP contribution in [0.3, 0.4) is 0 Å². The molecule has 0 atom stereocenters. The Hall–Kier alpha value is -2.51. The van der Waals surface area contributed by atoms with Gasteiger partial charge in [-0.15, -0.1) is 0 Å². The molecule has 2 heterocycles. The quantitative estimate of drug-likeness (QED) is 0.598. The van der Waals surface area contributed by atoms with Gasteiger partial charge in [0.1, 0.15) is 6.20 Å². The summed E-state index contributed by atoms with van der Waals surface area (Å²) in [6.45, 7) is 3.91. The third kappa shape index (κ3) is 2.32. The van der Waals surface area contributed by atoms with Crippen molar-refractivity contribution in [2.75, 3.05) is 0 Å². The first-order valence-electron chi connectivity index (χ1n) is 10.1. The molecule has 4 saturated carbocycles. The first-order valence-corrected chi connectivity index (χ1v) is 10.1. The standard InChI is InChI=1S/C20H25N5O3/c1-11-17(20-7-13-4-14(8-20)6-15(5-13)9-20)12(2)24(22-11)19(26)18-16(25(27)28)10-21-23(18)3/h10,13-15H,4-9H2,1-3H3. The van der Waals surface area contributed by atoms with Gasteiger partial charge in [0.05, 0.1) is 10.6 Å². The number of aryl methyl sites for hydroxylation is 2. The number of hydrogen-bond donors (Lipinski definition) is 0. The Bertz CT molecular complexity index is 967. The second-order valence-electron chi connectivity index (χ2n) is 9.22. The Morgan fingerprint density at radius 1 is 1.18 bits per heavy atom. The van der Waals surface area contributed by atoms with Crippen molar-refractivity contribution < 1.29 is 9.72 Å². The van der Waals surface area contributed by atoms with Gasteiger partial charge in [0.25, 0.3) is 0 Å². The first-order chi connectivity index (χ1) is 13.3. The van der Waals surface area contributed by atoms with E-state index in [1.54, 1.807) is 7.05 Å². The van der Waals surface area contributed by atoms with Crippen LogP contribution in [0.2, 0.25) is 0 Å². The van der Waals surface area contributed by atoms with Gasteiger partial charge in [-0.2, -0.15) is 14.9 Å².